The average Bonchev–Trinajstić information content (AvgIpc) is 3.30. The molecule has 0 amide bonds. The first-order valence-corrected chi connectivity index (χ1v) is 7.03. The molecule has 0 saturated heterocycles. The van der Waals surface area contributed by atoms with Gasteiger partial charge in [0.05, 0.1) is 19.3 Å². The van der Waals surface area contributed by atoms with Crippen LogP contribution in [0, 0.1) is 5.82 Å². The molecule has 1 saturated carbocycles. The van der Waals surface area contributed by atoms with Crippen LogP contribution < -0.4 is 15.2 Å². The minimum atomic E-state index is -0.407. The van der Waals surface area contributed by atoms with Gasteiger partial charge in [0.2, 0.25) is 0 Å². The Balaban J connectivity index is 1.83. The Hall–Kier alpha value is -2.07. The standard InChI is InChI=1S/C17H18FNO2/c1-20-16-8-5-12(10-15(16)18)17(19)11-3-2-4-14(9-11)21-13-6-7-13/h2-5,8-10,13,17H,6-7,19H2,1H3. The van der Waals surface area contributed by atoms with E-state index in [1.54, 1.807) is 12.1 Å². The lowest BCUT2D eigenvalue weighted by Gasteiger charge is -2.15. The number of ether oxygens (including phenoxy) is 2. The van der Waals surface area contributed by atoms with E-state index in [-0.39, 0.29) is 5.75 Å². The topological polar surface area (TPSA) is 44.5 Å². The van der Waals surface area contributed by atoms with Crippen molar-refractivity contribution in [2.24, 2.45) is 5.73 Å². The Morgan fingerprint density at radius 2 is 1.90 bits per heavy atom. The second-order valence-corrected chi connectivity index (χ2v) is 5.26. The molecular formula is C17H18FNO2. The molecule has 0 heterocycles. The fourth-order valence-corrected chi connectivity index (χ4v) is 2.23. The van der Waals surface area contributed by atoms with Crippen molar-refractivity contribution < 1.29 is 13.9 Å². The Kier molecular flexibility index (Phi) is 3.80. The molecular weight excluding hydrogens is 269 g/mol. The van der Waals surface area contributed by atoms with E-state index in [0.29, 0.717) is 11.7 Å². The van der Waals surface area contributed by atoms with Crippen LogP contribution in [0.2, 0.25) is 0 Å². The number of methoxy groups -OCH3 is 1. The van der Waals surface area contributed by atoms with Gasteiger partial charge in [-0.2, -0.15) is 0 Å². The zero-order valence-electron chi connectivity index (χ0n) is 11.9. The third-order valence-corrected chi connectivity index (χ3v) is 3.58. The van der Waals surface area contributed by atoms with Crippen LogP contribution in [-0.2, 0) is 0 Å². The van der Waals surface area contributed by atoms with Crippen molar-refractivity contribution in [3.05, 3.63) is 59.4 Å². The van der Waals surface area contributed by atoms with Crippen molar-refractivity contribution in [3.63, 3.8) is 0 Å². The van der Waals surface area contributed by atoms with Gasteiger partial charge >= 0.3 is 0 Å². The monoisotopic (exact) mass is 287 g/mol. The van der Waals surface area contributed by atoms with E-state index < -0.39 is 11.9 Å². The van der Waals surface area contributed by atoms with Crippen LogP contribution in [0.25, 0.3) is 0 Å². The molecule has 4 heteroatoms. The van der Waals surface area contributed by atoms with Gasteiger partial charge in [-0.05, 0) is 48.2 Å². The maximum atomic E-state index is 13.8. The molecule has 1 fully saturated rings. The van der Waals surface area contributed by atoms with Crippen LogP contribution in [0.5, 0.6) is 11.5 Å². The molecule has 2 N–H and O–H groups in total. The highest BCUT2D eigenvalue weighted by atomic mass is 19.1. The normalized spacial score (nSPS) is 15.6. The molecule has 2 aromatic carbocycles. The fraction of sp³-hybridized carbons (Fsp3) is 0.294. The van der Waals surface area contributed by atoms with E-state index in [0.717, 1.165) is 24.2 Å². The molecule has 1 aliphatic rings. The molecule has 3 nitrogen and oxygen atoms in total. The Morgan fingerprint density at radius 3 is 2.57 bits per heavy atom. The number of halogens is 1. The predicted octanol–water partition coefficient (Wildman–Crippen LogP) is 3.42. The lowest BCUT2D eigenvalue weighted by molar-refractivity contribution is 0.303. The summed E-state index contributed by atoms with van der Waals surface area (Å²) in [5.74, 6) is 0.632. The molecule has 2 aromatic rings. The number of hydrogen-bond donors (Lipinski definition) is 1. The van der Waals surface area contributed by atoms with E-state index in [1.807, 2.05) is 24.3 Å². The summed E-state index contributed by atoms with van der Waals surface area (Å²) in [4.78, 5) is 0. The largest absolute Gasteiger partial charge is 0.494 e. The van der Waals surface area contributed by atoms with Gasteiger partial charge in [0, 0.05) is 0 Å². The van der Waals surface area contributed by atoms with Gasteiger partial charge in [-0.3, -0.25) is 0 Å². The van der Waals surface area contributed by atoms with Gasteiger partial charge in [0.1, 0.15) is 5.75 Å². The molecule has 0 spiro atoms. The molecule has 1 unspecified atom stereocenters. The zero-order valence-corrected chi connectivity index (χ0v) is 11.9. The number of hydrogen-bond acceptors (Lipinski definition) is 3. The SMILES string of the molecule is COc1ccc(C(N)c2cccc(OC3CC3)c2)cc1F. The lowest BCUT2D eigenvalue weighted by atomic mass is 9.99. The van der Waals surface area contributed by atoms with E-state index in [9.17, 15) is 4.39 Å². The van der Waals surface area contributed by atoms with Crippen molar-refractivity contribution in [3.8, 4) is 11.5 Å². The van der Waals surface area contributed by atoms with E-state index in [1.165, 1.54) is 13.2 Å². The minimum Gasteiger partial charge on any atom is -0.494 e. The highest BCUT2D eigenvalue weighted by Crippen LogP contribution is 2.30. The van der Waals surface area contributed by atoms with Crippen LogP contribution in [0.4, 0.5) is 4.39 Å². The van der Waals surface area contributed by atoms with E-state index in [2.05, 4.69) is 0 Å². The molecule has 21 heavy (non-hydrogen) atoms. The van der Waals surface area contributed by atoms with Crippen molar-refractivity contribution in [2.45, 2.75) is 25.0 Å². The van der Waals surface area contributed by atoms with Crippen molar-refractivity contribution in [2.75, 3.05) is 7.11 Å². The van der Waals surface area contributed by atoms with Crippen LogP contribution in [0.1, 0.15) is 30.0 Å². The molecule has 0 aromatic heterocycles. The first kappa shape index (κ1) is 13.9. The molecule has 110 valence electrons. The summed E-state index contributed by atoms with van der Waals surface area (Å²) < 4.78 is 24.5. The summed E-state index contributed by atoms with van der Waals surface area (Å²) in [6.07, 6.45) is 2.56. The maximum Gasteiger partial charge on any atom is 0.165 e. The van der Waals surface area contributed by atoms with Gasteiger partial charge in [-0.15, -0.1) is 0 Å². The lowest BCUT2D eigenvalue weighted by Crippen LogP contribution is -2.12. The Bertz CT molecular complexity index is 640. The summed E-state index contributed by atoms with van der Waals surface area (Å²) >= 11 is 0. The van der Waals surface area contributed by atoms with E-state index >= 15 is 0 Å². The van der Waals surface area contributed by atoms with Gasteiger partial charge in [-0.25, -0.2) is 4.39 Å². The molecule has 1 atom stereocenters. The second-order valence-electron chi connectivity index (χ2n) is 5.26. The minimum absolute atomic E-state index is 0.219. The maximum absolute atomic E-state index is 13.8. The molecule has 0 radical (unpaired) electrons. The zero-order chi connectivity index (χ0) is 14.8. The third-order valence-electron chi connectivity index (χ3n) is 3.58. The molecule has 0 aliphatic heterocycles. The first-order valence-electron chi connectivity index (χ1n) is 7.03. The number of nitrogens with two attached hydrogens (primary N) is 1. The Morgan fingerprint density at radius 1 is 1.14 bits per heavy atom. The predicted molar refractivity (Wildman–Crippen MR) is 79.1 cm³/mol. The summed E-state index contributed by atoms with van der Waals surface area (Å²) in [5.41, 5.74) is 7.84. The molecule has 3 rings (SSSR count). The summed E-state index contributed by atoms with van der Waals surface area (Å²) in [5, 5.41) is 0. The number of benzene rings is 2. The quantitative estimate of drug-likeness (QED) is 0.916. The summed E-state index contributed by atoms with van der Waals surface area (Å²) in [7, 11) is 1.44. The number of rotatable bonds is 5. The van der Waals surface area contributed by atoms with Crippen molar-refractivity contribution in [1.82, 2.24) is 0 Å². The summed E-state index contributed by atoms with van der Waals surface area (Å²) in [6, 6.07) is 12.1. The van der Waals surface area contributed by atoms with Crippen LogP contribution in [0.3, 0.4) is 0 Å². The first-order chi connectivity index (χ1) is 10.2. The van der Waals surface area contributed by atoms with Gasteiger partial charge < -0.3 is 15.2 Å². The fourth-order valence-electron chi connectivity index (χ4n) is 2.23. The smallest absolute Gasteiger partial charge is 0.165 e. The van der Waals surface area contributed by atoms with Crippen molar-refractivity contribution in [1.29, 1.82) is 0 Å². The molecule has 0 bridgehead atoms. The second kappa shape index (κ2) is 5.74. The highest BCUT2D eigenvalue weighted by Gasteiger charge is 2.23. The van der Waals surface area contributed by atoms with E-state index in [4.69, 9.17) is 15.2 Å². The molecule has 1 aliphatic carbocycles. The van der Waals surface area contributed by atoms with Gasteiger partial charge in [0.15, 0.2) is 11.6 Å². The average molecular weight is 287 g/mol. The van der Waals surface area contributed by atoms with Gasteiger partial charge in [0.25, 0.3) is 0 Å². The Labute approximate surface area is 123 Å². The van der Waals surface area contributed by atoms with Crippen LogP contribution >= 0.6 is 0 Å². The highest BCUT2D eigenvalue weighted by molar-refractivity contribution is 5.39. The third kappa shape index (κ3) is 3.16. The van der Waals surface area contributed by atoms with Crippen LogP contribution in [0.15, 0.2) is 42.5 Å². The van der Waals surface area contributed by atoms with Crippen molar-refractivity contribution >= 4 is 0 Å². The summed E-state index contributed by atoms with van der Waals surface area (Å²) in [6.45, 7) is 0. The van der Waals surface area contributed by atoms with Gasteiger partial charge in [-0.1, -0.05) is 18.2 Å². The van der Waals surface area contributed by atoms with Crippen LogP contribution in [-0.4, -0.2) is 13.2 Å².